The molecule has 170 valence electrons. The van der Waals surface area contributed by atoms with Crippen LogP contribution in [-0.2, 0) is 16.1 Å². The van der Waals surface area contributed by atoms with E-state index in [1.807, 2.05) is 32.9 Å². The van der Waals surface area contributed by atoms with Crippen LogP contribution in [0.25, 0.3) is 10.2 Å². The Morgan fingerprint density at radius 3 is 2.47 bits per heavy atom. The maximum atomic E-state index is 13.5. The summed E-state index contributed by atoms with van der Waals surface area (Å²) in [5.41, 5.74) is 0.697. The minimum Gasteiger partial charge on any atom is -0.462 e. The highest BCUT2D eigenvalue weighted by molar-refractivity contribution is 7.99. The van der Waals surface area contributed by atoms with E-state index in [2.05, 4.69) is 4.98 Å². The van der Waals surface area contributed by atoms with Crippen molar-refractivity contribution in [3.63, 3.8) is 0 Å². The lowest BCUT2D eigenvalue weighted by molar-refractivity contribution is -0.123. The zero-order valence-corrected chi connectivity index (χ0v) is 21.0. The lowest BCUT2D eigenvalue weighted by Crippen LogP contribution is -2.26. The molecule has 0 bridgehead atoms. The van der Waals surface area contributed by atoms with Crippen LogP contribution in [0.5, 0.6) is 0 Å². The van der Waals surface area contributed by atoms with E-state index in [4.69, 9.17) is 16.3 Å². The summed E-state index contributed by atoms with van der Waals surface area (Å²) in [7, 11) is 0. The number of fused-ring (bicyclic) bond motifs is 1. The Kier molecular flexibility index (Phi) is 7.47. The predicted octanol–water partition coefficient (Wildman–Crippen LogP) is 5.35. The summed E-state index contributed by atoms with van der Waals surface area (Å²) in [5.74, 6) is -0.213. The van der Waals surface area contributed by atoms with E-state index in [0.29, 0.717) is 30.8 Å². The second-order valence-corrected chi connectivity index (χ2v) is 10.7. The molecule has 0 aliphatic rings. The smallest absolute Gasteiger partial charge is 0.348 e. The number of thiophene rings is 1. The van der Waals surface area contributed by atoms with Gasteiger partial charge in [0.15, 0.2) is 5.16 Å². The summed E-state index contributed by atoms with van der Waals surface area (Å²) in [6, 6.07) is 7.22. The van der Waals surface area contributed by atoms with Crippen LogP contribution in [0.15, 0.2) is 34.2 Å². The lowest BCUT2D eigenvalue weighted by Gasteiger charge is -2.17. The number of ketones is 1. The number of ether oxygens (including phenoxy) is 1. The normalized spacial score (nSPS) is 11.7. The molecule has 0 amide bonds. The first-order valence-corrected chi connectivity index (χ1v) is 12.3. The summed E-state index contributed by atoms with van der Waals surface area (Å²) in [6.07, 6.45) is 0. The molecule has 0 saturated carbocycles. The second-order valence-electron chi connectivity index (χ2n) is 8.33. The van der Waals surface area contributed by atoms with Crippen LogP contribution in [0.3, 0.4) is 0 Å². The average Bonchev–Trinajstić information content (AvgIpc) is 3.06. The van der Waals surface area contributed by atoms with Gasteiger partial charge in [0, 0.05) is 10.4 Å². The molecular formula is C23H25ClN2O4S2. The number of Topliss-reactive ketones (excluding diaryl/α,β-unsaturated/α-hetero) is 1. The van der Waals surface area contributed by atoms with E-state index in [1.54, 1.807) is 30.5 Å². The number of halogens is 1. The van der Waals surface area contributed by atoms with Crippen molar-refractivity contribution in [2.24, 2.45) is 5.41 Å². The molecule has 3 aromatic rings. The average molecular weight is 493 g/mol. The van der Waals surface area contributed by atoms with Crippen LogP contribution in [0.4, 0.5) is 0 Å². The standard InChI is InChI=1S/C23H25ClN2O4S2/c1-6-30-21(29)18-13(2)17-19(32-18)25-22(31-12-16(27)23(3,4)5)26(20(17)28)11-14-7-9-15(24)10-8-14/h7-10H,6,11-12H2,1-5H3. The van der Waals surface area contributed by atoms with Crippen LogP contribution < -0.4 is 5.56 Å². The van der Waals surface area contributed by atoms with E-state index in [0.717, 1.165) is 16.9 Å². The lowest BCUT2D eigenvalue weighted by atomic mass is 9.92. The molecule has 9 heteroatoms. The van der Waals surface area contributed by atoms with Gasteiger partial charge in [0.05, 0.1) is 24.3 Å². The predicted molar refractivity (Wildman–Crippen MR) is 130 cm³/mol. The zero-order valence-electron chi connectivity index (χ0n) is 18.7. The van der Waals surface area contributed by atoms with Gasteiger partial charge in [-0.2, -0.15) is 0 Å². The van der Waals surface area contributed by atoms with Crippen molar-refractivity contribution < 1.29 is 14.3 Å². The summed E-state index contributed by atoms with van der Waals surface area (Å²) >= 11 is 8.37. The Morgan fingerprint density at radius 1 is 1.22 bits per heavy atom. The Labute approximate surface area is 199 Å². The van der Waals surface area contributed by atoms with Crippen LogP contribution in [-0.4, -0.2) is 33.7 Å². The zero-order chi connectivity index (χ0) is 23.6. The third-order valence-electron chi connectivity index (χ3n) is 4.90. The Morgan fingerprint density at radius 2 is 1.88 bits per heavy atom. The monoisotopic (exact) mass is 492 g/mol. The first-order chi connectivity index (χ1) is 15.0. The van der Waals surface area contributed by atoms with Crippen molar-refractivity contribution in [3.8, 4) is 0 Å². The second kappa shape index (κ2) is 9.77. The van der Waals surface area contributed by atoms with Crippen molar-refractivity contribution in [1.29, 1.82) is 0 Å². The van der Waals surface area contributed by atoms with E-state index >= 15 is 0 Å². The van der Waals surface area contributed by atoms with Gasteiger partial charge in [-0.05, 0) is 37.1 Å². The fourth-order valence-electron chi connectivity index (χ4n) is 2.96. The maximum Gasteiger partial charge on any atom is 0.348 e. The SMILES string of the molecule is CCOC(=O)c1sc2nc(SCC(=O)C(C)(C)C)n(Cc3ccc(Cl)cc3)c(=O)c2c1C. The molecule has 0 N–H and O–H groups in total. The molecule has 32 heavy (non-hydrogen) atoms. The number of benzene rings is 1. The quantitative estimate of drug-likeness (QED) is 0.251. The van der Waals surface area contributed by atoms with Crippen molar-refractivity contribution in [2.45, 2.75) is 46.3 Å². The number of aryl methyl sites for hydroxylation is 1. The maximum absolute atomic E-state index is 13.5. The number of carbonyl (C=O) groups excluding carboxylic acids is 2. The molecule has 3 rings (SSSR count). The molecule has 0 spiro atoms. The Hall–Kier alpha value is -2.16. The number of rotatable bonds is 7. The summed E-state index contributed by atoms with van der Waals surface area (Å²) < 4.78 is 6.69. The Balaban J connectivity index is 2.12. The topological polar surface area (TPSA) is 78.3 Å². The van der Waals surface area contributed by atoms with Gasteiger partial charge < -0.3 is 4.74 Å². The molecule has 1 aromatic carbocycles. The van der Waals surface area contributed by atoms with Crippen LogP contribution in [0.1, 0.15) is 48.5 Å². The summed E-state index contributed by atoms with van der Waals surface area (Å²) in [6.45, 7) is 9.58. The molecule has 2 heterocycles. The van der Waals surface area contributed by atoms with E-state index in [-0.39, 0.29) is 30.2 Å². The number of hydrogen-bond acceptors (Lipinski definition) is 7. The molecule has 0 unspecified atom stereocenters. The minimum absolute atomic E-state index is 0.0597. The molecule has 0 aliphatic heterocycles. The number of nitrogens with zero attached hydrogens (tertiary/aromatic N) is 2. The van der Waals surface area contributed by atoms with Gasteiger partial charge in [-0.3, -0.25) is 14.2 Å². The first kappa shape index (κ1) is 24.5. The highest BCUT2D eigenvalue weighted by Gasteiger charge is 2.25. The molecule has 0 fully saturated rings. The number of hydrogen-bond donors (Lipinski definition) is 0. The highest BCUT2D eigenvalue weighted by atomic mass is 35.5. The third-order valence-corrected chi connectivity index (χ3v) is 7.29. The van der Waals surface area contributed by atoms with E-state index < -0.39 is 11.4 Å². The van der Waals surface area contributed by atoms with Crippen molar-refractivity contribution >= 4 is 56.7 Å². The van der Waals surface area contributed by atoms with Crippen molar-refractivity contribution in [1.82, 2.24) is 9.55 Å². The number of thioether (sulfide) groups is 1. The van der Waals surface area contributed by atoms with Gasteiger partial charge in [0.25, 0.3) is 5.56 Å². The first-order valence-electron chi connectivity index (χ1n) is 10.1. The van der Waals surface area contributed by atoms with Crippen LogP contribution >= 0.6 is 34.7 Å². The molecule has 0 atom stereocenters. The highest BCUT2D eigenvalue weighted by Crippen LogP contribution is 2.31. The fourth-order valence-corrected chi connectivity index (χ4v) is 5.36. The minimum atomic E-state index is -0.491. The molecule has 0 saturated heterocycles. The number of esters is 1. The molecular weight excluding hydrogens is 468 g/mol. The summed E-state index contributed by atoms with van der Waals surface area (Å²) in [5, 5.41) is 1.44. The molecule has 0 radical (unpaired) electrons. The summed E-state index contributed by atoms with van der Waals surface area (Å²) in [4.78, 5) is 43.9. The molecule has 2 aromatic heterocycles. The number of aromatic nitrogens is 2. The van der Waals surface area contributed by atoms with Gasteiger partial charge in [-0.25, -0.2) is 9.78 Å². The number of carbonyl (C=O) groups is 2. The van der Waals surface area contributed by atoms with Crippen molar-refractivity contribution in [2.75, 3.05) is 12.4 Å². The molecule has 0 aliphatic carbocycles. The van der Waals surface area contributed by atoms with E-state index in [9.17, 15) is 14.4 Å². The van der Waals surface area contributed by atoms with E-state index in [1.165, 1.54) is 11.8 Å². The van der Waals surface area contributed by atoms with Gasteiger partial charge in [-0.15, -0.1) is 11.3 Å². The van der Waals surface area contributed by atoms with Gasteiger partial charge in [-0.1, -0.05) is 56.3 Å². The van der Waals surface area contributed by atoms with Gasteiger partial charge in [0.2, 0.25) is 0 Å². The third kappa shape index (κ3) is 5.24. The van der Waals surface area contributed by atoms with Gasteiger partial charge >= 0.3 is 5.97 Å². The van der Waals surface area contributed by atoms with Crippen LogP contribution in [0.2, 0.25) is 5.02 Å². The van der Waals surface area contributed by atoms with Crippen molar-refractivity contribution in [3.05, 3.63) is 55.6 Å². The van der Waals surface area contributed by atoms with Crippen LogP contribution in [0, 0.1) is 12.3 Å². The Bertz CT molecular complexity index is 1220. The largest absolute Gasteiger partial charge is 0.462 e. The fraction of sp³-hybridized carbons (Fsp3) is 0.391. The van der Waals surface area contributed by atoms with Gasteiger partial charge in [0.1, 0.15) is 15.5 Å². The molecule has 6 nitrogen and oxygen atoms in total.